The smallest absolute Gasteiger partial charge is 0.221 e. The van der Waals surface area contributed by atoms with Gasteiger partial charge in [0.25, 0.3) is 0 Å². The molecule has 32 heavy (non-hydrogen) atoms. The van der Waals surface area contributed by atoms with Crippen molar-refractivity contribution in [3.05, 3.63) is 58.9 Å². The van der Waals surface area contributed by atoms with Gasteiger partial charge in [0.2, 0.25) is 5.91 Å². The van der Waals surface area contributed by atoms with E-state index in [1.54, 1.807) is 6.92 Å². The number of hydrogen-bond donors (Lipinski definition) is 3. The molecule has 1 amide bonds. The zero-order valence-electron chi connectivity index (χ0n) is 18.5. The van der Waals surface area contributed by atoms with Crippen LogP contribution in [0.3, 0.4) is 0 Å². The first kappa shape index (κ1) is 24.5. The van der Waals surface area contributed by atoms with Crippen LogP contribution >= 0.6 is 11.6 Å². The Morgan fingerprint density at radius 3 is 2.59 bits per heavy atom. The van der Waals surface area contributed by atoms with Crippen molar-refractivity contribution in [1.29, 1.82) is 0 Å². The molecule has 1 unspecified atom stereocenters. The molecule has 2 aromatic carbocycles. The molecule has 1 atom stereocenters. The van der Waals surface area contributed by atoms with Gasteiger partial charge < -0.3 is 20.5 Å². The number of carbonyl (C=O) groups excluding carboxylic acids is 1. The average Bonchev–Trinajstić information content (AvgIpc) is 2.75. The van der Waals surface area contributed by atoms with Gasteiger partial charge >= 0.3 is 0 Å². The van der Waals surface area contributed by atoms with Crippen LogP contribution in [0.5, 0.6) is 5.75 Å². The lowest BCUT2D eigenvalue weighted by molar-refractivity contribution is -0.114. The molecule has 0 radical (unpaired) electrons. The van der Waals surface area contributed by atoms with Gasteiger partial charge in [-0.3, -0.25) is 9.69 Å². The third-order valence-corrected chi connectivity index (χ3v) is 5.72. The Kier molecular flexibility index (Phi) is 8.48. The summed E-state index contributed by atoms with van der Waals surface area (Å²) in [6, 6.07) is 12.1. The van der Waals surface area contributed by atoms with Crippen LogP contribution in [0.2, 0.25) is 5.02 Å². The molecule has 0 saturated carbocycles. The van der Waals surface area contributed by atoms with Crippen LogP contribution in [0.15, 0.2) is 42.5 Å². The minimum absolute atomic E-state index is 0.0363. The summed E-state index contributed by atoms with van der Waals surface area (Å²) >= 11 is 5.95. The van der Waals surface area contributed by atoms with Gasteiger partial charge in [0.05, 0.1) is 5.69 Å². The molecule has 1 aliphatic rings. The largest absolute Gasteiger partial charge is 0.488 e. The number of rotatable bonds is 9. The van der Waals surface area contributed by atoms with E-state index in [1.165, 1.54) is 30.7 Å². The van der Waals surface area contributed by atoms with E-state index in [-0.39, 0.29) is 18.3 Å². The molecular weight excluding hydrogens is 433 g/mol. The maximum absolute atomic E-state index is 13.6. The van der Waals surface area contributed by atoms with E-state index in [0.717, 1.165) is 37.5 Å². The lowest BCUT2D eigenvalue weighted by Crippen LogP contribution is -2.49. The van der Waals surface area contributed by atoms with Gasteiger partial charge in [0.1, 0.15) is 23.8 Å². The molecule has 1 aliphatic heterocycles. The molecule has 2 aromatic rings. The lowest BCUT2D eigenvalue weighted by atomic mass is 10.0. The Labute approximate surface area is 193 Å². The number of hydrogen-bond acceptors (Lipinski definition) is 5. The molecule has 174 valence electrons. The standard InChI is InChI=1S/C24H31ClFN3O3/c1-17(30)28-22-8-7-20(26)13-23(22)32-16-24(2,31)15-27-21-9-11-29(12-10-21)14-18-3-5-19(25)6-4-18/h3-8,13,21,27,31H,9-12,14-16H2,1-2H3,(H,28,30). The van der Waals surface area contributed by atoms with Crippen molar-refractivity contribution >= 4 is 23.2 Å². The number of likely N-dealkylation sites (tertiary alicyclic amines) is 1. The normalized spacial score (nSPS) is 17.0. The van der Waals surface area contributed by atoms with Crippen molar-refractivity contribution in [2.45, 2.75) is 44.9 Å². The number of carbonyl (C=O) groups is 1. The molecule has 1 fully saturated rings. The predicted molar refractivity (Wildman–Crippen MR) is 125 cm³/mol. The minimum atomic E-state index is -1.15. The van der Waals surface area contributed by atoms with Crippen molar-refractivity contribution in [2.75, 3.05) is 31.6 Å². The summed E-state index contributed by atoms with van der Waals surface area (Å²) in [5, 5.41) is 17.5. The van der Waals surface area contributed by atoms with Gasteiger partial charge in [-0.2, -0.15) is 0 Å². The van der Waals surface area contributed by atoms with Crippen molar-refractivity contribution in [3.63, 3.8) is 0 Å². The summed E-state index contributed by atoms with van der Waals surface area (Å²) in [4.78, 5) is 13.8. The fourth-order valence-electron chi connectivity index (χ4n) is 3.70. The van der Waals surface area contributed by atoms with Crippen molar-refractivity contribution in [3.8, 4) is 5.75 Å². The lowest BCUT2D eigenvalue weighted by Gasteiger charge is -2.34. The van der Waals surface area contributed by atoms with E-state index in [9.17, 15) is 14.3 Å². The van der Waals surface area contributed by atoms with Crippen LogP contribution in [0.1, 0.15) is 32.3 Å². The maximum atomic E-state index is 13.6. The van der Waals surface area contributed by atoms with Crippen LogP contribution in [-0.2, 0) is 11.3 Å². The van der Waals surface area contributed by atoms with Crippen LogP contribution in [0.4, 0.5) is 10.1 Å². The van der Waals surface area contributed by atoms with Gasteiger partial charge in [-0.1, -0.05) is 23.7 Å². The van der Waals surface area contributed by atoms with Crippen molar-refractivity contribution < 1.29 is 19.0 Å². The van der Waals surface area contributed by atoms with E-state index in [0.29, 0.717) is 18.3 Å². The summed E-state index contributed by atoms with van der Waals surface area (Å²) in [5.41, 5.74) is 0.466. The highest BCUT2D eigenvalue weighted by Gasteiger charge is 2.26. The third-order valence-electron chi connectivity index (χ3n) is 5.47. The van der Waals surface area contributed by atoms with Crippen molar-refractivity contribution in [2.24, 2.45) is 0 Å². The van der Waals surface area contributed by atoms with Crippen LogP contribution < -0.4 is 15.4 Å². The van der Waals surface area contributed by atoms with E-state index in [1.807, 2.05) is 12.1 Å². The third kappa shape index (κ3) is 7.74. The van der Waals surface area contributed by atoms with Gasteiger partial charge in [-0.25, -0.2) is 4.39 Å². The first-order valence-electron chi connectivity index (χ1n) is 10.8. The number of benzene rings is 2. The minimum Gasteiger partial charge on any atom is -0.488 e. The zero-order valence-corrected chi connectivity index (χ0v) is 19.3. The molecular formula is C24H31ClFN3O3. The zero-order chi connectivity index (χ0) is 23.1. The Morgan fingerprint density at radius 1 is 1.25 bits per heavy atom. The highest BCUT2D eigenvalue weighted by atomic mass is 35.5. The number of anilines is 1. The second-order valence-corrected chi connectivity index (χ2v) is 9.10. The Balaban J connectivity index is 1.43. The second kappa shape index (κ2) is 11.1. The van der Waals surface area contributed by atoms with Crippen LogP contribution in [-0.4, -0.2) is 53.8 Å². The Morgan fingerprint density at radius 2 is 1.94 bits per heavy atom. The van der Waals surface area contributed by atoms with E-state index >= 15 is 0 Å². The SMILES string of the molecule is CC(=O)Nc1ccc(F)cc1OCC(C)(O)CNC1CCN(Cc2ccc(Cl)cc2)CC1. The fraction of sp³-hybridized carbons (Fsp3) is 0.458. The van der Waals surface area contributed by atoms with Gasteiger partial charge in [0.15, 0.2) is 0 Å². The summed E-state index contributed by atoms with van der Waals surface area (Å²) in [7, 11) is 0. The predicted octanol–water partition coefficient (Wildman–Crippen LogP) is 3.82. The number of ether oxygens (including phenoxy) is 1. The van der Waals surface area contributed by atoms with E-state index in [4.69, 9.17) is 16.3 Å². The molecule has 3 rings (SSSR count). The Hall–Kier alpha value is -2.19. The highest BCUT2D eigenvalue weighted by Crippen LogP contribution is 2.26. The first-order valence-corrected chi connectivity index (χ1v) is 11.2. The van der Waals surface area contributed by atoms with Crippen molar-refractivity contribution in [1.82, 2.24) is 10.2 Å². The molecule has 3 N–H and O–H groups in total. The van der Waals surface area contributed by atoms with E-state index in [2.05, 4.69) is 27.7 Å². The number of nitrogens with one attached hydrogen (secondary N) is 2. The molecule has 8 heteroatoms. The number of aliphatic hydroxyl groups is 1. The number of amides is 1. The molecule has 0 bridgehead atoms. The average molecular weight is 464 g/mol. The molecule has 1 saturated heterocycles. The Bertz CT molecular complexity index is 900. The molecule has 0 aliphatic carbocycles. The summed E-state index contributed by atoms with van der Waals surface area (Å²) in [5.74, 6) is -0.564. The maximum Gasteiger partial charge on any atom is 0.221 e. The second-order valence-electron chi connectivity index (χ2n) is 8.67. The molecule has 0 spiro atoms. The van der Waals surface area contributed by atoms with Gasteiger partial charge in [-0.05, 0) is 62.7 Å². The highest BCUT2D eigenvalue weighted by molar-refractivity contribution is 6.30. The summed E-state index contributed by atoms with van der Waals surface area (Å²) in [6.45, 7) is 6.20. The molecule has 0 aromatic heterocycles. The monoisotopic (exact) mass is 463 g/mol. The van der Waals surface area contributed by atoms with Gasteiger partial charge in [-0.15, -0.1) is 0 Å². The van der Waals surface area contributed by atoms with Crippen LogP contribution in [0.25, 0.3) is 0 Å². The quantitative estimate of drug-likeness (QED) is 0.527. The fourth-order valence-corrected chi connectivity index (χ4v) is 3.83. The first-order chi connectivity index (χ1) is 15.2. The van der Waals surface area contributed by atoms with Crippen LogP contribution in [0, 0.1) is 5.82 Å². The topological polar surface area (TPSA) is 73.8 Å². The van der Waals surface area contributed by atoms with E-state index < -0.39 is 11.4 Å². The number of halogens is 2. The summed E-state index contributed by atoms with van der Waals surface area (Å²) < 4.78 is 19.3. The molecule has 1 heterocycles. The number of piperidine rings is 1. The number of nitrogens with zero attached hydrogens (tertiary/aromatic N) is 1. The summed E-state index contributed by atoms with van der Waals surface area (Å²) in [6.07, 6.45) is 1.97. The van der Waals surface area contributed by atoms with Gasteiger partial charge in [0, 0.05) is 37.1 Å². The molecule has 6 nitrogen and oxygen atoms in total.